The molecule has 94 valence electrons. The smallest absolute Gasteiger partial charge is 0.0779 e. The molecule has 0 unspecified atom stereocenters. The van der Waals surface area contributed by atoms with Gasteiger partial charge in [0.1, 0.15) is 0 Å². The van der Waals surface area contributed by atoms with Gasteiger partial charge in [-0.25, -0.2) is 0 Å². The zero-order valence-corrected chi connectivity index (χ0v) is 10.7. The van der Waals surface area contributed by atoms with Crippen LogP contribution < -0.4 is 16.1 Å². The lowest BCUT2D eigenvalue weighted by atomic mass is 9.80. The van der Waals surface area contributed by atoms with Crippen molar-refractivity contribution in [3.63, 3.8) is 0 Å². The van der Waals surface area contributed by atoms with Gasteiger partial charge in [-0.05, 0) is 51.8 Å². The minimum Gasteiger partial charge on any atom is -0.383 e. The third-order valence-corrected chi connectivity index (χ3v) is 4.09. The molecule has 0 aliphatic carbocycles. The lowest BCUT2D eigenvalue weighted by Gasteiger charge is -2.42. The third-order valence-electron chi connectivity index (χ3n) is 4.09. The molecular weight excluding hydrogens is 212 g/mol. The van der Waals surface area contributed by atoms with Crippen LogP contribution in [0.1, 0.15) is 33.1 Å². The van der Waals surface area contributed by atoms with E-state index in [0.29, 0.717) is 11.6 Å². The SMILES string of the molecule is CC(C)N1NC=C2CC3(CCNCC3)NC=C21. The predicted molar refractivity (Wildman–Crippen MR) is 68.9 cm³/mol. The monoisotopic (exact) mass is 234 g/mol. The van der Waals surface area contributed by atoms with E-state index in [4.69, 9.17) is 0 Å². The molecule has 3 heterocycles. The summed E-state index contributed by atoms with van der Waals surface area (Å²) in [6.45, 7) is 6.68. The fourth-order valence-corrected chi connectivity index (χ4v) is 3.04. The molecule has 3 rings (SSSR count). The van der Waals surface area contributed by atoms with Crippen molar-refractivity contribution in [2.75, 3.05) is 13.1 Å². The fourth-order valence-electron chi connectivity index (χ4n) is 3.04. The van der Waals surface area contributed by atoms with Crippen LogP contribution in [0.25, 0.3) is 0 Å². The molecule has 0 atom stereocenters. The van der Waals surface area contributed by atoms with Crippen molar-refractivity contribution in [1.29, 1.82) is 0 Å². The Balaban J connectivity index is 1.81. The first-order chi connectivity index (χ1) is 8.20. The van der Waals surface area contributed by atoms with Crippen molar-refractivity contribution < 1.29 is 0 Å². The van der Waals surface area contributed by atoms with Crippen LogP contribution in [0, 0.1) is 0 Å². The third kappa shape index (κ3) is 1.80. The minimum absolute atomic E-state index is 0.301. The van der Waals surface area contributed by atoms with Crippen molar-refractivity contribution in [3.05, 3.63) is 23.7 Å². The summed E-state index contributed by atoms with van der Waals surface area (Å²) in [5, 5.41) is 9.34. The van der Waals surface area contributed by atoms with Gasteiger partial charge in [-0.15, -0.1) is 0 Å². The van der Waals surface area contributed by atoms with E-state index in [1.54, 1.807) is 0 Å². The molecule has 3 aliphatic rings. The van der Waals surface area contributed by atoms with Gasteiger partial charge in [0.25, 0.3) is 0 Å². The summed E-state index contributed by atoms with van der Waals surface area (Å²) in [4.78, 5) is 0. The molecule has 4 nitrogen and oxygen atoms in total. The molecule has 17 heavy (non-hydrogen) atoms. The number of hydrogen-bond acceptors (Lipinski definition) is 4. The first-order valence-corrected chi connectivity index (χ1v) is 6.64. The molecule has 4 heteroatoms. The van der Waals surface area contributed by atoms with Gasteiger partial charge in [0.05, 0.1) is 5.70 Å². The van der Waals surface area contributed by atoms with Crippen LogP contribution in [0.4, 0.5) is 0 Å². The van der Waals surface area contributed by atoms with Gasteiger partial charge < -0.3 is 16.1 Å². The summed E-state index contributed by atoms with van der Waals surface area (Å²) < 4.78 is 0. The topological polar surface area (TPSA) is 39.3 Å². The highest BCUT2D eigenvalue weighted by atomic mass is 15.5. The molecule has 1 spiro atoms. The molecule has 3 aliphatic heterocycles. The van der Waals surface area contributed by atoms with Crippen molar-refractivity contribution in [1.82, 2.24) is 21.1 Å². The van der Waals surface area contributed by atoms with Crippen molar-refractivity contribution in [3.8, 4) is 0 Å². The molecule has 0 saturated carbocycles. The maximum Gasteiger partial charge on any atom is 0.0779 e. The fraction of sp³-hybridized carbons (Fsp3) is 0.692. The van der Waals surface area contributed by atoms with Gasteiger partial charge in [-0.2, -0.15) is 0 Å². The Kier molecular flexibility index (Phi) is 2.54. The zero-order valence-electron chi connectivity index (χ0n) is 10.7. The number of hydrogen-bond donors (Lipinski definition) is 3. The summed E-state index contributed by atoms with van der Waals surface area (Å²) in [5.74, 6) is 0. The Morgan fingerprint density at radius 3 is 2.71 bits per heavy atom. The number of allylic oxidation sites excluding steroid dienone is 1. The van der Waals surface area contributed by atoms with Crippen LogP contribution in [0.5, 0.6) is 0 Å². The van der Waals surface area contributed by atoms with Gasteiger partial charge in [-0.1, -0.05) is 0 Å². The van der Waals surface area contributed by atoms with Crippen molar-refractivity contribution in [2.45, 2.75) is 44.7 Å². The van der Waals surface area contributed by atoms with Crippen LogP contribution in [0.15, 0.2) is 23.7 Å². The van der Waals surface area contributed by atoms with Gasteiger partial charge >= 0.3 is 0 Å². The van der Waals surface area contributed by atoms with E-state index in [-0.39, 0.29) is 0 Å². The Morgan fingerprint density at radius 1 is 1.24 bits per heavy atom. The van der Waals surface area contributed by atoms with E-state index in [1.807, 2.05) is 0 Å². The van der Waals surface area contributed by atoms with E-state index in [0.717, 1.165) is 19.5 Å². The minimum atomic E-state index is 0.301. The van der Waals surface area contributed by atoms with E-state index in [9.17, 15) is 0 Å². The Hall–Kier alpha value is -1.16. The molecule has 0 aromatic rings. The number of rotatable bonds is 1. The second-order valence-corrected chi connectivity index (χ2v) is 5.64. The van der Waals surface area contributed by atoms with Gasteiger partial charge in [0, 0.05) is 24.0 Å². The summed E-state index contributed by atoms with van der Waals surface area (Å²) in [6, 6.07) is 0.485. The number of piperidine rings is 1. The predicted octanol–water partition coefficient (Wildman–Crippen LogP) is 1.06. The molecule has 0 radical (unpaired) electrons. The number of nitrogens with one attached hydrogen (secondary N) is 3. The maximum atomic E-state index is 3.67. The molecule has 0 bridgehead atoms. The normalized spacial score (nSPS) is 26.2. The Morgan fingerprint density at radius 2 is 2.00 bits per heavy atom. The second-order valence-electron chi connectivity index (χ2n) is 5.64. The van der Waals surface area contributed by atoms with E-state index >= 15 is 0 Å². The first kappa shape index (κ1) is 11.0. The van der Waals surface area contributed by atoms with Crippen LogP contribution in [-0.4, -0.2) is 29.7 Å². The van der Waals surface area contributed by atoms with Crippen molar-refractivity contribution >= 4 is 0 Å². The number of nitrogens with zero attached hydrogens (tertiary/aromatic N) is 1. The van der Waals surface area contributed by atoms with Crippen molar-refractivity contribution in [2.24, 2.45) is 0 Å². The van der Waals surface area contributed by atoms with E-state index in [1.165, 1.54) is 24.1 Å². The largest absolute Gasteiger partial charge is 0.383 e. The number of fused-ring (bicyclic) bond motifs is 1. The Bertz CT molecular complexity index is 364. The molecule has 0 aromatic heterocycles. The quantitative estimate of drug-likeness (QED) is 0.634. The lowest BCUT2D eigenvalue weighted by molar-refractivity contribution is 0.225. The standard InChI is InChI=1S/C13H22N4/c1-10(2)17-12-9-15-13(3-5-14-6-4-13)7-11(12)8-16-17/h8-10,14-16H,3-7H2,1-2H3. The summed E-state index contributed by atoms with van der Waals surface area (Å²) in [5.41, 5.74) is 6.45. The van der Waals surface area contributed by atoms with Crippen LogP contribution in [0.2, 0.25) is 0 Å². The van der Waals surface area contributed by atoms with Gasteiger partial charge in [0.2, 0.25) is 0 Å². The van der Waals surface area contributed by atoms with E-state index < -0.39 is 0 Å². The lowest BCUT2D eigenvalue weighted by Crippen LogP contribution is -2.53. The summed E-state index contributed by atoms with van der Waals surface area (Å²) in [6.07, 6.45) is 7.97. The van der Waals surface area contributed by atoms with Crippen LogP contribution in [0.3, 0.4) is 0 Å². The average molecular weight is 234 g/mol. The molecule has 0 amide bonds. The number of hydrazine groups is 1. The van der Waals surface area contributed by atoms with Crippen LogP contribution >= 0.6 is 0 Å². The maximum absolute atomic E-state index is 3.67. The molecule has 1 fully saturated rings. The average Bonchev–Trinajstić information content (AvgIpc) is 2.72. The highest BCUT2D eigenvalue weighted by Gasteiger charge is 2.38. The molecule has 3 N–H and O–H groups in total. The Labute approximate surface area is 103 Å². The first-order valence-electron chi connectivity index (χ1n) is 6.64. The second kappa shape index (κ2) is 3.95. The van der Waals surface area contributed by atoms with E-state index in [2.05, 4.69) is 47.3 Å². The summed E-state index contributed by atoms with van der Waals surface area (Å²) >= 11 is 0. The van der Waals surface area contributed by atoms with Gasteiger partial charge in [0.15, 0.2) is 0 Å². The van der Waals surface area contributed by atoms with Gasteiger partial charge in [-0.3, -0.25) is 5.01 Å². The summed E-state index contributed by atoms with van der Waals surface area (Å²) in [7, 11) is 0. The highest BCUT2D eigenvalue weighted by Crippen LogP contribution is 2.36. The molecular formula is C13H22N4. The molecule has 1 saturated heterocycles. The zero-order chi connectivity index (χ0) is 11.9. The molecule has 0 aromatic carbocycles. The van der Waals surface area contributed by atoms with Crippen LogP contribution in [-0.2, 0) is 0 Å². The highest BCUT2D eigenvalue weighted by molar-refractivity contribution is 5.38.